The molecule has 1 heterocycles. The third-order valence-electron chi connectivity index (χ3n) is 7.42. The summed E-state index contributed by atoms with van der Waals surface area (Å²) in [5.74, 6) is 0.587. The van der Waals surface area contributed by atoms with E-state index in [0.717, 1.165) is 24.0 Å². The summed E-state index contributed by atoms with van der Waals surface area (Å²) in [6.45, 7) is 3.80. The highest BCUT2D eigenvalue weighted by atomic mass is 32.2. The lowest BCUT2D eigenvalue weighted by molar-refractivity contribution is -0.128. The maximum absolute atomic E-state index is 13.8. The summed E-state index contributed by atoms with van der Waals surface area (Å²) in [4.78, 5) is 13.6. The van der Waals surface area contributed by atoms with E-state index in [9.17, 15) is 13.2 Å². The Labute approximate surface area is 224 Å². The zero-order chi connectivity index (χ0) is 26.9. The molecule has 0 spiro atoms. The molecule has 1 aliphatic carbocycles. The molecular formula is C30H34N2O5S. The topological polar surface area (TPSA) is 84.9 Å². The van der Waals surface area contributed by atoms with Crippen molar-refractivity contribution >= 4 is 21.6 Å². The summed E-state index contributed by atoms with van der Waals surface area (Å²) in [5.41, 5.74) is 5.13. The second kappa shape index (κ2) is 10.7. The molecule has 0 aromatic heterocycles. The number of nitrogens with one attached hydrogen (secondary N) is 1. The van der Waals surface area contributed by atoms with Gasteiger partial charge in [0.1, 0.15) is 11.5 Å². The van der Waals surface area contributed by atoms with E-state index in [2.05, 4.69) is 23.5 Å². The van der Waals surface area contributed by atoms with E-state index in [1.807, 2.05) is 19.9 Å². The molecule has 2 aliphatic rings. The number of fused-ring (bicyclic) bond motifs is 2. The smallest absolute Gasteiger partial charge is 0.264 e. The van der Waals surface area contributed by atoms with Crippen LogP contribution in [-0.2, 0) is 27.7 Å². The Hall–Kier alpha value is -3.52. The molecule has 2 atom stereocenters. The minimum atomic E-state index is -3.96. The van der Waals surface area contributed by atoms with E-state index >= 15 is 0 Å². The molecule has 0 saturated carbocycles. The Morgan fingerprint density at radius 3 is 2.50 bits per heavy atom. The van der Waals surface area contributed by atoms with Gasteiger partial charge >= 0.3 is 0 Å². The number of rotatable bonds is 7. The molecule has 2 unspecified atom stereocenters. The van der Waals surface area contributed by atoms with Gasteiger partial charge in [-0.25, -0.2) is 8.42 Å². The number of ether oxygens (including phenoxy) is 2. The number of anilines is 1. The Balaban J connectivity index is 1.42. The predicted octanol–water partition coefficient (Wildman–Crippen LogP) is 5.11. The largest absolute Gasteiger partial charge is 0.497 e. The van der Waals surface area contributed by atoms with E-state index < -0.39 is 16.1 Å². The molecule has 0 radical (unpaired) electrons. The van der Waals surface area contributed by atoms with Gasteiger partial charge in [0.15, 0.2) is 6.10 Å². The quantitative estimate of drug-likeness (QED) is 0.456. The number of hydrogen-bond acceptors (Lipinski definition) is 5. The van der Waals surface area contributed by atoms with Gasteiger partial charge in [0, 0.05) is 0 Å². The van der Waals surface area contributed by atoms with E-state index in [0.29, 0.717) is 23.6 Å². The third kappa shape index (κ3) is 5.10. The van der Waals surface area contributed by atoms with Gasteiger partial charge in [0.25, 0.3) is 15.9 Å². The molecule has 38 heavy (non-hydrogen) atoms. The highest BCUT2D eigenvalue weighted by molar-refractivity contribution is 7.92. The summed E-state index contributed by atoms with van der Waals surface area (Å²) >= 11 is 0. The van der Waals surface area contributed by atoms with Crippen molar-refractivity contribution in [1.82, 2.24) is 5.32 Å². The number of amides is 1. The number of hydrogen-bond donors (Lipinski definition) is 1. The normalized spacial score (nSPS) is 17.6. The number of methoxy groups -OCH3 is 1. The number of carbonyl (C=O) groups excluding carboxylic acids is 1. The van der Waals surface area contributed by atoms with Crippen LogP contribution in [0.1, 0.15) is 54.5 Å². The average Bonchev–Trinajstić information content (AvgIpc) is 2.94. The van der Waals surface area contributed by atoms with Crippen LogP contribution in [0.2, 0.25) is 0 Å². The van der Waals surface area contributed by atoms with E-state index in [1.165, 1.54) is 47.5 Å². The van der Waals surface area contributed by atoms with E-state index in [4.69, 9.17) is 9.47 Å². The van der Waals surface area contributed by atoms with Gasteiger partial charge in [-0.2, -0.15) is 0 Å². The minimum Gasteiger partial charge on any atom is -0.497 e. The highest BCUT2D eigenvalue weighted by Gasteiger charge is 2.38. The van der Waals surface area contributed by atoms with Gasteiger partial charge < -0.3 is 14.8 Å². The lowest BCUT2D eigenvalue weighted by atomic mass is 9.88. The minimum absolute atomic E-state index is 0.118. The Bertz CT molecular complexity index is 1440. The molecule has 1 amide bonds. The molecule has 7 nitrogen and oxygen atoms in total. The van der Waals surface area contributed by atoms with Crippen molar-refractivity contribution in [2.24, 2.45) is 0 Å². The first-order valence-electron chi connectivity index (χ1n) is 13.2. The van der Waals surface area contributed by atoms with Crippen molar-refractivity contribution in [1.29, 1.82) is 0 Å². The Morgan fingerprint density at radius 1 is 1.05 bits per heavy atom. The molecule has 0 fully saturated rings. The fourth-order valence-corrected chi connectivity index (χ4v) is 6.72. The highest BCUT2D eigenvalue weighted by Crippen LogP contribution is 2.38. The van der Waals surface area contributed by atoms with Crippen molar-refractivity contribution < 1.29 is 22.7 Å². The Kier molecular flexibility index (Phi) is 7.34. The molecule has 3 aromatic rings. The van der Waals surface area contributed by atoms with Crippen molar-refractivity contribution in [2.75, 3.05) is 18.0 Å². The fraction of sp³-hybridized carbons (Fsp3) is 0.367. The van der Waals surface area contributed by atoms with Crippen LogP contribution >= 0.6 is 0 Å². The monoisotopic (exact) mass is 534 g/mol. The molecule has 3 aromatic carbocycles. The maximum Gasteiger partial charge on any atom is 0.264 e. The molecule has 1 N–H and O–H groups in total. The summed E-state index contributed by atoms with van der Waals surface area (Å²) in [6, 6.07) is 17.9. The first-order chi connectivity index (χ1) is 18.3. The van der Waals surface area contributed by atoms with Gasteiger partial charge in [0.2, 0.25) is 0 Å². The SMILES string of the molecule is CCC(NC(=O)C1CN(S(=O)(=O)c2ccc(OC)cc2)c2cc(C)ccc2O1)c1ccc2c(c1)CCCC2. The van der Waals surface area contributed by atoms with Crippen molar-refractivity contribution in [2.45, 2.75) is 63.0 Å². The zero-order valence-corrected chi connectivity index (χ0v) is 22.9. The molecule has 8 heteroatoms. The number of benzene rings is 3. The lowest BCUT2D eigenvalue weighted by Crippen LogP contribution is -2.51. The molecule has 1 aliphatic heterocycles. The van der Waals surface area contributed by atoms with Gasteiger partial charge in [-0.1, -0.05) is 31.2 Å². The molecular weight excluding hydrogens is 500 g/mol. The Morgan fingerprint density at radius 2 is 1.79 bits per heavy atom. The first-order valence-corrected chi connectivity index (χ1v) is 14.6. The standard InChI is InChI=1S/C30H34N2O5S/c1-4-26(23-11-10-21-7-5-6-8-22(21)18-23)31-30(33)29-19-32(27-17-20(2)9-16-28(27)37-29)38(34,35)25-14-12-24(36-3)13-15-25/h9-18,26,29H,4-8,19H2,1-3H3,(H,31,33). The fourth-order valence-electron chi connectivity index (χ4n) is 5.26. The maximum atomic E-state index is 13.8. The van der Waals surface area contributed by atoms with Crippen LogP contribution in [0.25, 0.3) is 0 Å². The van der Waals surface area contributed by atoms with E-state index in [-0.39, 0.29) is 23.4 Å². The molecule has 5 rings (SSSR count). The number of carbonyl (C=O) groups is 1. The average molecular weight is 535 g/mol. The van der Waals surface area contributed by atoms with Gasteiger partial charge in [-0.3, -0.25) is 9.10 Å². The van der Waals surface area contributed by atoms with E-state index in [1.54, 1.807) is 24.3 Å². The lowest BCUT2D eigenvalue weighted by Gasteiger charge is -2.35. The third-order valence-corrected chi connectivity index (χ3v) is 9.22. The number of sulfonamides is 1. The molecule has 200 valence electrons. The van der Waals surface area contributed by atoms with Crippen LogP contribution in [-0.4, -0.2) is 34.1 Å². The predicted molar refractivity (Wildman–Crippen MR) is 147 cm³/mol. The van der Waals surface area contributed by atoms with Crippen molar-refractivity contribution in [3.05, 3.63) is 82.9 Å². The van der Waals surface area contributed by atoms with Gasteiger partial charge in [-0.05, 0) is 97.7 Å². The van der Waals surface area contributed by atoms with Crippen LogP contribution in [0.4, 0.5) is 5.69 Å². The summed E-state index contributed by atoms with van der Waals surface area (Å²) in [7, 11) is -2.43. The summed E-state index contributed by atoms with van der Waals surface area (Å²) < 4.78 is 40.1. The molecule has 0 saturated heterocycles. The van der Waals surface area contributed by atoms with Crippen molar-refractivity contribution in [3.63, 3.8) is 0 Å². The number of nitrogens with zero attached hydrogens (tertiary/aromatic N) is 1. The van der Waals surface area contributed by atoms with Crippen LogP contribution in [0.5, 0.6) is 11.5 Å². The second-order valence-corrected chi connectivity index (χ2v) is 11.9. The second-order valence-electron chi connectivity index (χ2n) is 9.99. The number of aryl methyl sites for hydroxylation is 3. The van der Waals surface area contributed by atoms with Crippen LogP contribution < -0.4 is 19.1 Å². The molecule has 0 bridgehead atoms. The summed E-state index contributed by atoms with van der Waals surface area (Å²) in [6.07, 6.45) is 4.29. The van der Waals surface area contributed by atoms with Crippen LogP contribution in [0, 0.1) is 6.92 Å². The first kappa shape index (κ1) is 26.1. The van der Waals surface area contributed by atoms with Crippen molar-refractivity contribution in [3.8, 4) is 11.5 Å². The van der Waals surface area contributed by atoms with Crippen LogP contribution in [0.3, 0.4) is 0 Å². The van der Waals surface area contributed by atoms with Gasteiger partial charge in [0.05, 0.1) is 30.3 Å². The zero-order valence-electron chi connectivity index (χ0n) is 22.1. The summed E-state index contributed by atoms with van der Waals surface area (Å²) in [5, 5.41) is 3.13. The van der Waals surface area contributed by atoms with Crippen LogP contribution in [0.15, 0.2) is 65.6 Å². The van der Waals surface area contributed by atoms with Gasteiger partial charge in [-0.15, -0.1) is 0 Å².